The Morgan fingerprint density at radius 3 is 1.86 bits per heavy atom. The first-order valence-electron chi connectivity index (χ1n) is 3.95. The average Bonchev–Trinajstić information content (AvgIpc) is 2.26. The highest BCUT2D eigenvalue weighted by atomic mass is 16.5. The molecule has 0 fully saturated rings. The van der Waals surface area contributed by atoms with Crippen molar-refractivity contribution in [2.45, 2.75) is 0 Å². The number of rotatable bonds is 4. The molecule has 0 N–H and O–H groups in total. The fraction of sp³-hybridized carbons (Fsp3) is 0.300. The van der Waals surface area contributed by atoms with Gasteiger partial charge in [0.2, 0.25) is 6.29 Å². The van der Waals surface area contributed by atoms with E-state index in [0.717, 1.165) is 0 Å². The van der Waals surface area contributed by atoms with Crippen LogP contribution in [0.15, 0.2) is 12.1 Å². The number of hydrogen-bond donors (Lipinski definition) is 0. The number of hydrogen-bond acceptors (Lipinski definition) is 4. The summed E-state index contributed by atoms with van der Waals surface area (Å²) in [4.78, 5) is 10.6. The fourth-order valence-corrected chi connectivity index (χ4v) is 1.11. The van der Waals surface area contributed by atoms with E-state index in [1.54, 1.807) is 12.4 Å². The van der Waals surface area contributed by atoms with Gasteiger partial charge in [-0.2, -0.15) is 0 Å². The van der Waals surface area contributed by atoms with Gasteiger partial charge in [0.1, 0.15) is 5.75 Å². The summed E-state index contributed by atoms with van der Waals surface area (Å²) in [6.07, 6.45) is 1.76. The topological polar surface area (TPSA) is 44.8 Å². The third-order valence-corrected chi connectivity index (χ3v) is 1.82. The van der Waals surface area contributed by atoms with Crippen LogP contribution >= 0.6 is 0 Å². The van der Waals surface area contributed by atoms with E-state index in [9.17, 15) is 4.79 Å². The molecule has 0 aliphatic heterocycles. The minimum Gasteiger partial charge on any atom is -0.496 e. The lowest BCUT2D eigenvalue weighted by molar-refractivity contribution is 0.348. The van der Waals surface area contributed by atoms with Crippen LogP contribution in [0.4, 0.5) is 0 Å². The Bertz CT molecular complexity index is 333. The van der Waals surface area contributed by atoms with E-state index in [4.69, 9.17) is 14.2 Å². The van der Waals surface area contributed by atoms with Crippen LogP contribution in [0.25, 0.3) is 0 Å². The van der Waals surface area contributed by atoms with E-state index in [0.29, 0.717) is 22.8 Å². The van der Waals surface area contributed by atoms with Crippen LogP contribution in [0.1, 0.15) is 5.56 Å². The Morgan fingerprint density at radius 2 is 1.43 bits per heavy atom. The van der Waals surface area contributed by atoms with Crippen molar-refractivity contribution in [1.29, 1.82) is 0 Å². The van der Waals surface area contributed by atoms with Crippen molar-refractivity contribution in [3.05, 3.63) is 17.7 Å². The molecule has 4 heteroatoms. The molecule has 0 spiro atoms. The van der Waals surface area contributed by atoms with E-state index >= 15 is 0 Å². The molecule has 0 aliphatic rings. The van der Waals surface area contributed by atoms with Crippen LogP contribution in [-0.2, 0) is 4.79 Å². The fourth-order valence-electron chi connectivity index (χ4n) is 1.11. The molecule has 0 bridgehead atoms. The summed E-state index contributed by atoms with van der Waals surface area (Å²) in [6.45, 7) is 0. The second-order valence-electron chi connectivity index (χ2n) is 2.51. The maximum atomic E-state index is 10.6. The van der Waals surface area contributed by atoms with E-state index < -0.39 is 0 Å². The summed E-state index contributed by atoms with van der Waals surface area (Å²) < 4.78 is 15.0. The molecule has 14 heavy (non-hydrogen) atoms. The molecule has 1 radical (unpaired) electrons. The molecule has 1 rings (SSSR count). The van der Waals surface area contributed by atoms with E-state index in [2.05, 4.69) is 0 Å². The van der Waals surface area contributed by atoms with Crippen LogP contribution in [0, 0.1) is 0 Å². The number of methoxy groups -OCH3 is 3. The highest BCUT2D eigenvalue weighted by molar-refractivity contribution is 5.81. The van der Waals surface area contributed by atoms with Gasteiger partial charge in [-0.1, -0.05) is 0 Å². The van der Waals surface area contributed by atoms with Crippen molar-refractivity contribution in [1.82, 2.24) is 0 Å². The summed E-state index contributed by atoms with van der Waals surface area (Å²) in [5, 5.41) is 0. The van der Waals surface area contributed by atoms with Gasteiger partial charge in [-0.25, -0.2) is 0 Å². The van der Waals surface area contributed by atoms with Crippen molar-refractivity contribution in [2.75, 3.05) is 21.3 Å². The maximum Gasteiger partial charge on any atom is 0.237 e. The van der Waals surface area contributed by atoms with Gasteiger partial charge in [-0.3, -0.25) is 4.79 Å². The molecule has 0 atom stereocenters. The van der Waals surface area contributed by atoms with Crippen molar-refractivity contribution < 1.29 is 19.0 Å². The zero-order chi connectivity index (χ0) is 10.6. The van der Waals surface area contributed by atoms with Crippen molar-refractivity contribution in [3.63, 3.8) is 0 Å². The van der Waals surface area contributed by atoms with E-state index in [-0.39, 0.29) is 0 Å². The van der Waals surface area contributed by atoms with Crippen LogP contribution in [-0.4, -0.2) is 27.6 Å². The number of benzene rings is 1. The normalized spacial score (nSPS) is 9.36. The number of carbonyl (C=O) groups excluding carboxylic acids is 1. The average molecular weight is 195 g/mol. The highest BCUT2D eigenvalue weighted by Crippen LogP contribution is 2.33. The Kier molecular flexibility index (Phi) is 3.34. The molecule has 0 unspecified atom stereocenters. The monoisotopic (exact) mass is 195 g/mol. The van der Waals surface area contributed by atoms with Gasteiger partial charge in [0.25, 0.3) is 0 Å². The largest absolute Gasteiger partial charge is 0.496 e. The number of ether oxygens (including phenoxy) is 3. The van der Waals surface area contributed by atoms with Crippen molar-refractivity contribution >= 4 is 6.29 Å². The van der Waals surface area contributed by atoms with Gasteiger partial charge in [-0.15, -0.1) is 0 Å². The summed E-state index contributed by atoms with van der Waals surface area (Å²) in [5.41, 5.74) is 0.310. The minimum absolute atomic E-state index is 0.310. The second kappa shape index (κ2) is 4.50. The van der Waals surface area contributed by atoms with Crippen LogP contribution < -0.4 is 14.2 Å². The molecule has 0 saturated carbocycles. The molecule has 0 aliphatic carbocycles. The molecule has 1 aromatic rings. The molecule has 0 amide bonds. The van der Waals surface area contributed by atoms with Crippen LogP contribution in [0.5, 0.6) is 17.2 Å². The third-order valence-electron chi connectivity index (χ3n) is 1.82. The SMILES string of the molecule is COc1cc(OC)c(OC)cc1[C]=O. The Labute approximate surface area is 82.4 Å². The quantitative estimate of drug-likeness (QED) is 0.723. The van der Waals surface area contributed by atoms with E-state index in [1.165, 1.54) is 27.4 Å². The molecule has 0 saturated heterocycles. The lowest BCUT2D eigenvalue weighted by atomic mass is 10.2. The van der Waals surface area contributed by atoms with Gasteiger partial charge < -0.3 is 14.2 Å². The maximum absolute atomic E-state index is 10.6. The summed E-state index contributed by atoms with van der Waals surface area (Å²) >= 11 is 0. The van der Waals surface area contributed by atoms with Gasteiger partial charge in [0, 0.05) is 6.07 Å². The molecular formula is C10H11O4. The molecular weight excluding hydrogens is 184 g/mol. The van der Waals surface area contributed by atoms with Gasteiger partial charge in [0.05, 0.1) is 26.9 Å². The summed E-state index contributed by atoms with van der Waals surface area (Å²) in [5.74, 6) is 1.41. The van der Waals surface area contributed by atoms with Crippen LogP contribution in [0.2, 0.25) is 0 Å². The van der Waals surface area contributed by atoms with Crippen LogP contribution in [0.3, 0.4) is 0 Å². The van der Waals surface area contributed by atoms with Crippen molar-refractivity contribution in [3.8, 4) is 17.2 Å². The van der Waals surface area contributed by atoms with Gasteiger partial charge >= 0.3 is 0 Å². The summed E-state index contributed by atoms with van der Waals surface area (Å²) in [7, 11) is 4.49. The highest BCUT2D eigenvalue weighted by Gasteiger charge is 2.11. The molecule has 4 nitrogen and oxygen atoms in total. The Hall–Kier alpha value is -1.71. The molecule has 0 aromatic heterocycles. The van der Waals surface area contributed by atoms with Gasteiger partial charge in [0.15, 0.2) is 11.5 Å². The smallest absolute Gasteiger partial charge is 0.237 e. The first kappa shape index (κ1) is 10.4. The second-order valence-corrected chi connectivity index (χ2v) is 2.51. The standard InChI is InChI=1S/C10H11O4/c1-12-8-5-10(14-3)9(13-2)4-7(8)6-11/h4-5H,1-3H3. The van der Waals surface area contributed by atoms with E-state index in [1.807, 2.05) is 0 Å². The predicted molar refractivity (Wildman–Crippen MR) is 50.9 cm³/mol. The molecule has 75 valence electrons. The summed E-state index contributed by atoms with van der Waals surface area (Å²) in [6, 6.07) is 3.10. The lowest BCUT2D eigenvalue weighted by Crippen LogP contribution is -1.96. The first-order chi connectivity index (χ1) is 6.76. The predicted octanol–water partition coefficient (Wildman–Crippen LogP) is 1.17. The molecule has 1 aromatic carbocycles. The minimum atomic E-state index is 0.310. The third kappa shape index (κ3) is 1.79. The Balaban J connectivity index is 3.27. The van der Waals surface area contributed by atoms with Gasteiger partial charge in [-0.05, 0) is 6.07 Å². The van der Waals surface area contributed by atoms with Crippen molar-refractivity contribution in [2.24, 2.45) is 0 Å². The zero-order valence-corrected chi connectivity index (χ0v) is 8.29. The Morgan fingerprint density at radius 1 is 0.929 bits per heavy atom. The zero-order valence-electron chi connectivity index (χ0n) is 8.29. The first-order valence-corrected chi connectivity index (χ1v) is 3.95. The lowest BCUT2D eigenvalue weighted by Gasteiger charge is -2.10. The molecule has 0 heterocycles.